The van der Waals surface area contributed by atoms with Gasteiger partial charge in [-0.2, -0.15) is 0 Å². The summed E-state index contributed by atoms with van der Waals surface area (Å²) in [4.78, 5) is 20.2. The molecule has 1 aromatic heterocycles. The highest BCUT2D eigenvalue weighted by Crippen LogP contribution is 2.25. The van der Waals surface area contributed by atoms with Gasteiger partial charge in [0.05, 0.1) is 5.69 Å². The highest BCUT2D eigenvalue weighted by atomic mass is 16.5. The number of carbonyl (C=O) groups excluding carboxylic acids is 1. The summed E-state index contributed by atoms with van der Waals surface area (Å²) in [7, 11) is 3.59. The van der Waals surface area contributed by atoms with Crippen molar-refractivity contribution in [3.63, 3.8) is 0 Å². The highest BCUT2D eigenvalue weighted by Gasteiger charge is 2.16. The van der Waals surface area contributed by atoms with Crippen molar-refractivity contribution in [2.24, 2.45) is 0 Å². The van der Waals surface area contributed by atoms with E-state index in [1.165, 1.54) is 11.1 Å². The van der Waals surface area contributed by atoms with Gasteiger partial charge in [-0.1, -0.05) is 18.2 Å². The van der Waals surface area contributed by atoms with E-state index < -0.39 is 0 Å². The Labute approximate surface area is 149 Å². The van der Waals surface area contributed by atoms with Crippen molar-refractivity contribution >= 4 is 5.91 Å². The van der Waals surface area contributed by atoms with Crippen LogP contribution in [0.4, 0.5) is 0 Å². The van der Waals surface area contributed by atoms with Crippen molar-refractivity contribution in [2.45, 2.75) is 25.9 Å². The fraction of sp³-hybridized carbons (Fsp3) is 0.400. The molecular weight excluding hydrogens is 314 g/mol. The van der Waals surface area contributed by atoms with Crippen molar-refractivity contribution in [1.82, 2.24) is 14.8 Å². The lowest BCUT2D eigenvalue weighted by molar-refractivity contribution is -0.128. The summed E-state index contributed by atoms with van der Waals surface area (Å²) in [5.74, 6) is 1.11. The molecule has 0 bridgehead atoms. The summed E-state index contributed by atoms with van der Waals surface area (Å²) in [5, 5.41) is 0. The molecule has 2 heterocycles. The van der Waals surface area contributed by atoms with Crippen molar-refractivity contribution in [3.8, 4) is 5.75 Å². The van der Waals surface area contributed by atoms with Crippen LogP contribution in [0.25, 0.3) is 0 Å². The molecule has 5 heteroatoms. The number of hydrogen-bond donors (Lipinski definition) is 0. The number of aromatic nitrogens is 1. The number of fused-ring (bicyclic) bond motifs is 1. The maximum atomic E-state index is 11.8. The van der Waals surface area contributed by atoms with Gasteiger partial charge >= 0.3 is 0 Å². The minimum absolute atomic E-state index is 0.156. The monoisotopic (exact) mass is 339 g/mol. The Balaban J connectivity index is 1.68. The first-order valence-corrected chi connectivity index (χ1v) is 8.69. The molecule has 1 amide bonds. The van der Waals surface area contributed by atoms with Gasteiger partial charge in [0.1, 0.15) is 12.4 Å². The number of carbonyl (C=O) groups is 1. The Morgan fingerprint density at radius 1 is 1.28 bits per heavy atom. The van der Waals surface area contributed by atoms with Gasteiger partial charge in [0.15, 0.2) is 0 Å². The van der Waals surface area contributed by atoms with Gasteiger partial charge in [-0.25, -0.2) is 0 Å². The van der Waals surface area contributed by atoms with Crippen LogP contribution in [0.3, 0.4) is 0 Å². The van der Waals surface area contributed by atoms with Crippen molar-refractivity contribution in [1.29, 1.82) is 0 Å². The van der Waals surface area contributed by atoms with Gasteiger partial charge in [0.25, 0.3) is 0 Å². The van der Waals surface area contributed by atoms with E-state index in [9.17, 15) is 4.79 Å². The van der Waals surface area contributed by atoms with Gasteiger partial charge < -0.3 is 9.64 Å². The molecule has 0 unspecified atom stereocenters. The lowest BCUT2D eigenvalue weighted by Crippen LogP contribution is -2.25. The summed E-state index contributed by atoms with van der Waals surface area (Å²) in [6.07, 6.45) is 3.12. The quantitative estimate of drug-likeness (QED) is 0.840. The van der Waals surface area contributed by atoms with Gasteiger partial charge in [-0.3, -0.25) is 14.7 Å². The number of aryl methyl sites for hydroxylation is 1. The number of nitrogens with zero attached hydrogens (tertiary/aromatic N) is 3. The normalized spacial score (nSPS) is 14.3. The van der Waals surface area contributed by atoms with E-state index in [2.05, 4.69) is 28.1 Å². The van der Waals surface area contributed by atoms with Crippen LogP contribution in [0, 0.1) is 0 Å². The minimum atomic E-state index is 0.156. The molecule has 3 rings (SSSR count). The molecule has 0 fully saturated rings. The Morgan fingerprint density at radius 2 is 2.16 bits per heavy atom. The van der Waals surface area contributed by atoms with Crippen molar-refractivity contribution in [3.05, 3.63) is 59.4 Å². The summed E-state index contributed by atoms with van der Waals surface area (Å²) >= 11 is 0. The molecule has 0 saturated heterocycles. The molecule has 132 valence electrons. The van der Waals surface area contributed by atoms with E-state index in [-0.39, 0.29) is 5.91 Å². The van der Waals surface area contributed by atoms with Crippen molar-refractivity contribution < 1.29 is 9.53 Å². The molecule has 5 nitrogen and oxygen atoms in total. The zero-order valence-corrected chi connectivity index (χ0v) is 14.9. The van der Waals surface area contributed by atoms with Crippen LogP contribution >= 0.6 is 0 Å². The van der Waals surface area contributed by atoms with Crippen LogP contribution < -0.4 is 4.74 Å². The predicted molar refractivity (Wildman–Crippen MR) is 97.3 cm³/mol. The molecule has 0 spiro atoms. The van der Waals surface area contributed by atoms with Crippen LogP contribution in [0.2, 0.25) is 0 Å². The number of ether oxygens (including phenoxy) is 1. The summed E-state index contributed by atoms with van der Waals surface area (Å²) in [5.41, 5.74) is 3.43. The lowest BCUT2D eigenvalue weighted by Gasteiger charge is -2.19. The van der Waals surface area contributed by atoms with Crippen LogP contribution in [0.5, 0.6) is 5.75 Å². The molecule has 1 aromatic carbocycles. The predicted octanol–water partition coefficient (Wildman–Crippen LogP) is 2.50. The molecule has 1 aliphatic heterocycles. The first-order valence-electron chi connectivity index (χ1n) is 8.69. The Bertz CT molecular complexity index is 716. The minimum Gasteiger partial charge on any atom is -0.492 e. The number of rotatable bonds is 5. The first kappa shape index (κ1) is 17.4. The van der Waals surface area contributed by atoms with Gasteiger partial charge in [-0.05, 0) is 30.2 Å². The Morgan fingerprint density at radius 3 is 2.92 bits per heavy atom. The van der Waals surface area contributed by atoms with Crippen LogP contribution in [-0.4, -0.2) is 47.9 Å². The van der Waals surface area contributed by atoms with Gasteiger partial charge in [-0.15, -0.1) is 0 Å². The first-order chi connectivity index (χ1) is 12.1. The number of pyridine rings is 1. The van der Waals surface area contributed by atoms with Crippen LogP contribution in [-0.2, 0) is 24.3 Å². The third-order valence-electron chi connectivity index (χ3n) is 4.42. The van der Waals surface area contributed by atoms with Gasteiger partial charge in [0, 0.05) is 51.9 Å². The lowest BCUT2D eigenvalue weighted by atomic mass is 10.0. The molecule has 0 radical (unpaired) electrons. The molecule has 0 saturated carbocycles. The molecule has 0 aliphatic carbocycles. The average Bonchev–Trinajstić information content (AvgIpc) is 2.81. The van der Waals surface area contributed by atoms with E-state index >= 15 is 0 Å². The fourth-order valence-electron chi connectivity index (χ4n) is 2.99. The number of hydrogen-bond acceptors (Lipinski definition) is 4. The van der Waals surface area contributed by atoms with Crippen molar-refractivity contribution in [2.75, 3.05) is 27.2 Å². The summed E-state index contributed by atoms with van der Waals surface area (Å²) < 4.78 is 5.90. The standard InChI is InChI=1S/C20H25N3O2/c1-22(2)20(24)9-7-16-6-8-19-17(13-16)14-23(11-12-25-19)15-18-5-3-4-10-21-18/h3-6,8,10,13H,7,9,11-12,14-15H2,1-2H3. The molecule has 1 aliphatic rings. The highest BCUT2D eigenvalue weighted by molar-refractivity contribution is 5.75. The fourth-order valence-corrected chi connectivity index (χ4v) is 2.99. The zero-order chi connectivity index (χ0) is 17.6. The largest absolute Gasteiger partial charge is 0.492 e. The summed E-state index contributed by atoms with van der Waals surface area (Å²) in [6.45, 7) is 3.20. The van der Waals surface area contributed by atoms with E-state index in [4.69, 9.17) is 4.74 Å². The second kappa shape index (κ2) is 8.12. The number of benzene rings is 1. The number of amides is 1. The van der Waals surface area contributed by atoms with E-state index in [1.54, 1.807) is 19.0 Å². The summed E-state index contributed by atoms with van der Waals surface area (Å²) in [6, 6.07) is 12.3. The second-order valence-electron chi connectivity index (χ2n) is 6.61. The second-order valence-corrected chi connectivity index (χ2v) is 6.61. The SMILES string of the molecule is CN(C)C(=O)CCc1ccc2c(c1)CN(Cc1ccccn1)CCO2. The van der Waals surface area contributed by atoms with E-state index in [0.29, 0.717) is 13.0 Å². The maximum Gasteiger partial charge on any atom is 0.222 e. The van der Waals surface area contributed by atoms with E-state index in [1.807, 2.05) is 24.4 Å². The third-order valence-corrected chi connectivity index (χ3v) is 4.42. The molecule has 2 aromatic rings. The molecule has 0 atom stereocenters. The van der Waals surface area contributed by atoms with Crippen LogP contribution in [0.15, 0.2) is 42.6 Å². The smallest absolute Gasteiger partial charge is 0.222 e. The molecule has 0 N–H and O–H groups in total. The van der Waals surface area contributed by atoms with E-state index in [0.717, 1.165) is 37.5 Å². The Hall–Kier alpha value is -2.40. The third kappa shape index (κ3) is 4.79. The Kier molecular flexibility index (Phi) is 5.66. The topological polar surface area (TPSA) is 45.7 Å². The molecule has 25 heavy (non-hydrogen) atoms. The van der Waals surface area contributed by atoms with Crippen LogP contribution in [0.1, 0.15) is 23.2 Å². The van der Waals surface area contributed by atoms with Gasteiger partial charge in [0.2, 0.25) is 5.91 Å². The maximum absolute atomic E-state index is 11.8. The average molecular weight is 339 g/mol. The zero-order valence-electron chi connectivity index (χ0n) is 14.9. The molecular formula is C20H25N3O2.